The molecule has 0 atom stereocenters. The molecule has 6 nitrogen and oxygen atoms in total. The van der Waals surface area contributed by atoms with Crippen LogP contribution in [0.4, 0.5) is 13.2 Å². The molecule has 0 aliphatic carbocycles. The van der Waals surface area contributed by atoms with Crippen LogP contribution < -0.4 is 0 Å². The molecule has 21 heavy (non-hydrogen) atoms. The summed E-state index contributed by atoms with van der Waals surface area (Å²) in [6.45, 7) is 8.94. The van der Waals surface area contributed by atoms with Crippen molar-refractivity contribution < 1.29 is 39.4 Å². The van der Waals surface area contributed by atoms with E-state index in [2.05, 4.69) is 4.18 Å². The lowest BCUT2D eigenvalue weighted by atomic mass is 10.2. The van der Waals surface area contributed by atoms with Crippen molar-refractivity contribution in [1.29, 1.82) is 0 Å². The van der Waals surface area contributed by atoms with E-state index in [1.165, 1.54) is 41.5 Å². The number of rotatable bonds is 5. The Morgan fingerprint density at radius 1 is 0.905 bits per heavy atom. The smallest absolute Gasteiger partial charge is 0.301 e. The predicted molar refractivity (Wildman–Crippen MR) is 70.2 cm³/mol. The normalized spacial score (nSPS) is 15.3. The Hall–Kier alpha value is -0.150. The molecule has 0 aliphatic heterocycles. The molecule has 128 valence electrons. The zero-order valence-corrected chi connectivity index (χ0v) is 14.4. The van der Waals surface area contributed by atoms with Gasteiger partial charge in [0.2, 0.25) is 0 Å². The summed E-state index contributed by atoms with van der Waals surface area (Å²) in [5.74, 6) is 0. The van der Waals surface area contributed by atoms with E-state index >= 15 is 0 Å². The van der Waals surface area contributed by atoms with E-state index in [1.54, 1.807) is 0 Å². The highest BCUT2D eigenvalue weighted by atomic mass is 32.2. The standard InChI is InChI=1S/C10H20F3O6PS/c1-8(2,3)18-20(14,19-9(4,5)6)7-17-21(15,16)10(11,12)13/h7H2,1-6H3. The van der Waals surface area contributed by atoms with Crippen LogP contribution in [0.5, 0.6) is 0 Å². The Labute approximate surface area is 122 Å². The molecule has 0 unspecified atom stereocenters. The van der Waals surface area contributed by atoms with Crippen LogP contribution in [0, 0.1) is 0 Å². The van der Waals surface area contributed by atoms with Gasteiger partial charge in [0.1, 0.15) is 0 Å². The van der Waals surface area contributed by atoms with Gasteiger partial charge >= 0.3 is 23.2 Å². The molecular weight excluding hydrogens is 336 g/mol. The summed E-state index contributed by atoms with van der Waals surface area (Å²) in [5.41, 5.74) is -7.68. The lowest BCUT2D eigenvalue weighted by Gasteiger charge is -2.31. The second-order valence-electron chi connectivity index (χ2n) is 6.17. The summed E-state index contributed by atoms with van der Waals surface area (Å²) >= 11 is 0. The number of halogens is 3. The fourth-order valence-electron chi connectivity index (χ4n) is 1.11. The van der Waals surface area contributed by atoms with E-state index in [4.69, 9.17) is 9.05 Å². The summed E-state index contributed by atoms with van der Waals surface area (Å²) in [6, 6.07) is 0. The zero-order valence-electron chi connectivity index (χ0n) is 12.6. The second kappa shape index (κ2) is 6.16. The van der Waals surface area contributed by atoms with E-state index in [-0.39, 0.29) is 0 Å². The predicted octanol–water partition coefficient (Wildman–Crippen LogP) is 3.63. The van der Waals surface area contributed by atoms with E-state index in [0.29, 0.717) is 0 Å². The van der Waals surface area contributed by atoms with Crippen molar-refractivity contribution in [2.24, 2.45) is 0 Å². The SMILES string of the molecule is CC(C)(C)OP(=O)(COS(=O)(=O)C(F)(F)F)OC(C)(C)C. The summed E-state index contributed by atoms with van der Waals surface area (Å²) in [7, 11) is -10.1. The minimum Gasteiger partial charge on any atom is -0.301 e. The third-order valence-corrected chi connectivity index (χ3v) is 4.74. The Balaban J connectivity index is 5.25. The molecule has 0 aliphatic rings. The maximum absolute atomic E-state index is 12.4. The molecule has 0 spiro atoms. The maximum atomic E-state index is 12.4. The molecule has 0 aromatic rings. The molecule has 0 heterocycles. The molecular formula is C10H20F3O6PS. The van der Waals surface area contributed by atoms with Crippen LogP contribution in [0.25, 0.3) is 0 Å². The van der Waals surface area contributed by atoms with Crippen LogP contribution in [0.1, 0.15) is 41.5 Å². The quantitative estimate of drug-likeness (QED) is 0.425. The first-order chi connectivity index (χ1) is 8.87. The molecule has 11 heteroatoms. The second-order valence-corrected chi connectivity index (χ2v) is 9.62. The molecule has 0 bridgehead atoms. The van der Waals surface area contributed by atoms with Gasteiger partial charge in [-0.3, -0.25) is 8.75 Å². The fraction of sp³-hybridized carbons (Fsp3) is 1.00. The van der Waals surface area contributed by atoms with Crippen molar-refractivity contribution in [3.8, 4) is 0 Å². The van der Waals surface area contributed by atoms with Gasteiger partial charge in [0.15, 0.2) is 6.35 Å². The maximum Gasteiger partial charge on any atom is 0.523 e. The number of hydrogen-bond donors (Lipinski definition) is 0. The third-order valence-electron chi connectivity index (χ3n) is 1.48. The monoisotopic (exact) mass is 356 g/mol. The van der Waals surface area contributed by atoms with Gasteiger partial charge in [-0.1, -0.05) is 0 Å². The molecule has 0 saturated heterocycles. The average Bonchev–Trinajstić information content (AvgIpc) is 2.06. The van der Waals surface area contributed by atoms with Crippen molar-refractivity contribution >= 4 is 17.7 Å². The van der Waals surface area contributed by atoms with Gasteiger partial charge in [-0.05, 0) is 41.5 Å². The first-order valence-electron chi connectivity index (χ1n) is 5.83. The number of hydrogen-bond acceptors (Lipinski definition) is 6. The van der Waals surface area contributed by atoms with E-state index in [1.807, 2.05) is 0 Å². The highest BCUT2D eigenvalue weighted by molar-refractivity contribution is 7.87. The Morgan fingerprint density at radius 2 is 1.24 bits per heavy atom. The molecule has 0 aromatic heterocycles. The van der Waals surface area contributed by atoms with Crippen LogP contribution in [-0.2, 0) is 27.9 Å². The van der Waals surface area contributed by atoms with Crippen LogP contribution in [0.15, 0.2) is 0 Å². The van der Waals surface area contributed by atoms with Crippen LogP contribution in [0.3, 0.4) is 0 Å². The van der Waals surface area contributed by atoms with Gasteiger partial charge < -0.3 is 9.05 Å². The Morgan fingerprint density at radius 3 is 1.48 bits per heavy atom. The minimum atomic E-state index is -5.87. The summed E-state index contributed by atoms with van der Waals surface area (Å²) in [6.07, 6.45) is -1.36. The van der Waals surface area contributed by atoms with Gasteiger partial charge in [-0.25, -0.2) is 0 Å². The highest BCUT2D eigenvalue weighted by Gasteiger charge is 2.49. The Bertz CT molecular complexity index is 480. The Kier molecular flexibility index (Phi) is 6.11. The topological polar surface area (TPSA) is 78.9 Å². The van der Waals surface area contributed by atoms with Crippen molar-refractivity contribution in [3.05, 3.63) is 0 Å². The van der Waals surface area contributed by atoms with Crippen LogP contribution in [0.2, 0.25) is 0 Å². The summed E-state index contributed by atoms with van der Waals surface area (Å²) in [4.78, 5) is 0. The van der Waals surface area contributed by atoms with Crippen molar-refractivity contribution in [2.45, 2.75) is 58.3 Å². The van der Waals surface area contributed by atoms with Gasteiger partial charge in [-0.2, -0.15) is 21.6 Å². The molecule has 0 fully saturated rings. The molecule has 0 saturated carbocycles. The largest absolute Gasteiger partial charge is 0.523 e. The van der Waals surface area contributed by atoms with Gasteiger partial charge in [0.05, 0.1) is 11.2 Å². The van der Waals surface area contributed by atoms with Crippen LogP contribution >= 0.6 is 7.60 Å². The lowest BCUT2D eigenvalue weighted by Crippen LogP contribution is -2.29. The zero-order chi connectivity index (χ0) is 17.3. The lowest BCUT2D eigenvalue weighted by molar-refractivity contribution is -0.0537. The first kappa shape index (κ1) is 20.9. The summed E-state index contributed by atoms with van der Waals surface area (Å²) in [5, 5.41) is 0. The highest BCUT2D eigenvalue weighted by Crippen LogP contribution is 2.54. The van der Waals surface area contributed by atoms with Gasteiger partial charge in [0, 0.05) is 0 Å². The van der Waals surface area contributed by atoms with E-state index < -0.39 is 40.8 Å². The molecule has 0 rings (SSSR count). The molecule has 0 aromatic carbocycles. The fourth-order valence-corrected chi connectivity index (χ4v) is 4.12. The first-order valence-corrected chi connectivity index (χ1v) is 8.97. The van der Waals surface area contributed by atoms with E-state index in [0.717, 1.165) is 0 Å². The van der Waals surface area contributed by atoms with E-state index in [9.17, 15) is 26.2 Å². The van der Waals surface area contributed by atoms with Crippen LogP contribution in [-0.4, -0.2) is 31.5 Å². The van der Waals surface area contributed by atoms with Crippen molar-refractivity contribution in [1.82, 2.24) is 0 Å². The number of alkyl halides is 3. The minimum absolute atomic E-state index is 1.04. The molecule has 0 N–H and O–H groups in total. The summed E-state index contributed by atoms with van der Waals surface area (Å²) < 4.78 is 84.7. The average molecular weight is 356 g/mol. The van der Waals surface area contributed by atoms with Crippen molar-refractivity contribution in [2.75, 3.05) is 6.35 Å². The van der Waals surface area contributed by atoms with Gasteiger partial charge in [0.25, 0.3) is 0 Å². The molecule has 0 radical (unpaired) electrons. The van der Waals surface area contributed by atoms with Gasteiger partial charge in [-0.15, -0.1) is 0 Å². The molecule has 0 amide bonds. The third kappa shape index (κ3) is 8.15. The van der Waals surface area contributed by atoms with Crippen molar-refractivity contribution in [3.63, 3.8) is 0 Å².